The van der Waals surface area contributed by atoms with Gasteiger partial charge in [-0.25, -0.2) is 4.68 Å². The third-order valence-corrected chi connectivity index (χ3v) is 6.29. The molecule has 5 nitrogen and oxygen atoms in total. The minimum Gasteiger partial charge on any atom is -0.356 e. The molecular weight excluding hydrogens is 461 g/mol. The minimum absolute atomic E-state index is 0. The normalized spacial score (nSPS) is 18.1. The number of hydrogen-bond donors (Lipinski definition) is 1. The van der Waals surface area contributed by atoms with E-state index in [-0.39, 0.29) is 24.0 Å². The van der Waals surface area contributed by atoms with Crippen molar-refractivity contribution in [2.24, 2.45) is 10.4 Å². The number of nitrogens with one attached hydrogen (secondary N) is 1. The molecule has 152 valence electrons. The molecule has 0 unspecified atom stereocenters. The molecule has 1 saturated heterocycles. The number of aliphatic imine (C=N–C) groups is 1. The van der Waals surface area contributed by atoms with Gasteiger partial charge in [-0.3, -0.25) is 4.99 Å². The van der Waals surface area contributed by atoms with Gasteiger partial charge >= 0.3 is 0 Å². The van der Waals surface area contributed by atoms with Gasteiger partial charge in [0.2, 0.25) is 0 Å². The van der Waals surface area contributed by atoms with Crippen molar-refractivity contribution in [1.29, 1.82) is 0 Å². The van der Waals surface area contributed by atoms with Gasteiger partial charge in [-0.2, -0.15) is 5.10 Å². The standard InChI is InChI=1S/C22H31N5.HI/c1-18-19(16-27(25-18)20-9-4-3-5-10-20)8-6-14-24-21(23-2)26-15-13-22(17-26)11-7-12-22;/h3-5,9-10,16H,6-8,11-15,17H2,1-2H3,(H,23,24);1H. The van der Waals surface area contributed by atoms with E-state index in [1.54, 1.807) is 0 Å². The molecule has 1 saturated carbocycles. The van der Waals surface area contributed by atoms with Gasteiger partial charge in [0, 0.05) is 32.9 Å². The number of benzene rings is 1. The van der Waals surface area contributed by atoms with Gasteiger partial charge in [0.05, 0.1) is 11.4 Å². The van der Waals surface area contributed by atoms with E-state index in [1.807, 2.05) is 29.9 Å². The number of halogens is 1. The number of para-hydroxylation sites is 1. The monoisotopic (exact) mass is 493 g/mol. The first kappa shape index (κ1) is 21.1. The summed E-state index contributed by atoms with van der Waals surface area (Å²) in [6.07, 6.45) is 9.85. The van der Waals surface area contributed by atoms with E-state index in [9.17, 15) is 0 Å². The summed E-state index contributed by atoms with van der Waals surface area (Å²) in [4.78, 5) is 6.97. The van der Waals surface area contributed by atoms with Crippen molar-refractivity contribution in [3.63, 3.8) is 0 Å². The molecule has 1 N–H and O–H groups in total. The van der Waals surface area contributed by atoms with E-state index in [4.69, 9.17) is 0 Å². The van der Waals surface area contributed by atoms with Gasteiger partial charge < -0.3 is 10.2 Å². The lowest BCUT2D eigenvalue weighted by molar-refractivity contribution is 0.151. The van der Waals surface area contributed by atoms with Crippen molar-refractivity contribution in [1.82, 2.24) is 20.0 Å². The third-order valence-electron chi connectivity index (χ3n) is 6.29. The fraction of sp³-hybridized carbons (Fsp3) is 0.545. The quantitative estimate of drug-likeness (QED) is 0.294. The summed E-state index contributed by atoms with van der Waals surface area (Å²) in [7, 11) is 1.90. The second kappa shape index (κ2) is 9.29. The van der Waals surface area contributed by atoms with E-state index in [2.05, 4.69) is 45.6 Å². The van der Waals surface area contributed by atoms with Crippen LogP contribution in [0.25, 0.3) is 5.69 Å². The molecule has 1 aliphatic carbocycles. The number of hydrogen-bond acceptors (Lipinski definition) is 2. The van der Waals surface area contributed by atoms with E-state index in [1.165, 1.54) is 37.8 Å². The number of aromatic nitrogens is 2. The topological polar surface area (TPSA) is 45.5 Å². The summed E-state index contributed by atoms with van der Waals surface area (Å²) >= 11 is 0. The number of aryl methyl sites for hydroxylation is 2. The van der Waals surface area contributed by atoms with Crippen LogP contribution in [0.5, 0.6) is 0 Å². The summed E-state index contributed by atoms with van der Waals surface area (Å²) in [6.45, 7) is 5.40. The Morgan fingerprint density at radius 2 is 2.00 bits per heavy atom. The number of guanidine groups is 1. The zero-order chi connectivity index (χ0) is 18.7. The van der Waals surface area contributed by atoms with Crippen molar-refractivity contribution in [2.45, 2.75) is 45.4 Å². The zero-order valence-corrected chi connectivity index (χ0v) is 19.4. The smallest absolute Gasteiger partial charge is 0.193 e. The third kappa shape index (κ3) is 4.53. The highest BCUT2D eigenvalue weighted by atomic mass is 127. The molecule has 2 fully saturated rings. The van der Waals surface area contributed by atoms with Crippen molar-refractivity contribution >= 4 is 29.9 Å². The van der Waals surface area contributed by atoms with Crippen molar-refractivity contribution in [2.75, 3.05) is 26.7 Å². The van der Waals surface area contributed by atoms with Crippen molar-refractivity contribution in [3.05, 3.63) is 47.8 Å². The average Bonchev–Trinajstić information content (AvgIpc) is 3.27. The number of rotatable bonds is 5. The SMILES string of the molecule is CN=C(NCCCc1cn(-c2ccccc2)nc1C)N1CCC2(CCC2)C1.I. The molecule has 1 aromatic carbocycles. The maximum Gasteiger partial charge on any atom is 0.193 e. The molecule has 2 aliphatic rings. The van der Waals surface area contributed by atoms with Crippen LogP contribution in [0.4, 0.5) is 0 Å². The summed E-state index contributed by atoms with van der Waals surface area (Å²) in [6, 6.07) is 10.3. The first-order valence-corrected chi connectivity index (χ1v) is 10.3. The van der Waals surface area contributed by atoms with Crippen LogP contribution in [-0.2, 0) is 6.42 Å². The summed E-state index contributed by atoms with van der Waals surface area (Å²) in [5, 5.41) is 8.24. The maximum atomic E-state index is 4.67. The Balaban J connectivity index is 0.00000225. The average molecular weight is 493 g/mol. The lowest BCUT2D eigenvalue weighted by Crippen LogP contribution is -2.42. The largest absolute Gasteiger partial charge is 0.356 e. The Bertz CT molecular complexity index is 795. The molecule has 1 spiro atoms. The zero-order valence-electron chi connectivity index (χ0n) is 17.0. The summed E-state index contributed by atoms with van der Waals surface area (Å²) < 4.78 is 1.99. The van der Waals surface area contributed by atoms with Crippen LogP contribution < -0.4 is 5.32 Å². The Labute approximate surface area is 185 Å². The Kier molecular flexibility index (Phi) is 7.01. The van der Waals surface area contributed by atoms with Crippen LogP contribution in [0.3, 0.4) is 0 Å². The second-order valence-electron chi connectivity index (χ2n) is 8.12. The number of likely N-dealkylation sites (tertiary alicyclic amines) is 1. The fourth-order valence-electron chi connectivity index (χ4n) is 4.47. The van der Waals surface area contributed by atoms with Gasteiger partial charge in [-0.1, -0.05) is 24.6 Å². The van der Waals surface area contributed by atoms with Gasteiger partial charge in [-0.05, 0) is 62.1 Å². The van der Waals surface area contributed by atoms with Crippen LogP contribution >= 0.6 is 24.0 Å². The molecule has 1 aromatic heterocycles. The highest BCUT2D eigenvalue weighted by molar-refractivity contribution is 14.0. The molecule has 6 heteroatoms. The lowest BCUT2D eigenvalue weighted by Gasteiger charge is -2.38. The molecule has 2 aromatic rings. The minimum atomic E-state index is 0. The first-order chi connectivity index (χ1) is 13.2. The molecule has 1 aliphatic heterocycles. The Morgan fingerprint density at radius 1 is 1.21 bits per heavy atom. The molecule has 0 atom stereocenters. The van der Waals surface area contributed by atoms with Gasteiger partial charge in [0.15, 0.2) is 5.96 Å². The molecule has 28 heavy (non-hydrogen) atoms. The molecule has 0 radical (unpaired) electrons. The van der Waals surface area contributed by atoms with Crippen LogP contribution in [0, 0.1) is 12.3 Å². The predicted molar refractivity (Wildman–Crippen MR) is 126 cm³/mol. The molecule has 0 bridgehead atoms. The van der Waals surface area contributed by atoms with E-state index < -0.39 is 0 Å². The van der Waals surface area contributed by atoms with Crippen molar-refractivity contribution in [3.8, 4) is 5.69 Å². The maximum absolute atomic E-state index is 4.67. The van der Waals surface area contributed by atoms with E-state index in [0.717, 1.165) is 43.3 Å². The van der Waals surface area contributed by atoms with Gasteiger partial charge in [0.1, 0.15) is 0 Å². The van der Waals surface area contributed by atoms with Crippen LogP contribution in [0.2, 0.25) is 0 Å². The Morgan fingerprint density at radius 3 is 2.64 bits per heavy atom. The molecule has 0 amide bonds. The Hall–Kier alpha value is -1.57. The fourth-order valence-corrected chi connectivity index (χ4v) is 4.47. The van der Waals surface area contributed by atoms with Crippen molar-refractivity contribution < 1.29 is 0 Å². The summed E-state index contributed by atoms with van der Waals surface area (Å²) in [5.41, 5.74) is 4.17. The highest BCUT2D eigenvalue weighted by Gasteiger charge is 2.43. The highest BCUT2D eigenvalue weighted by Crippen LogP contribution is 2.47. The van der Waals surface area contributed by atoms with Crippen LogP contribution in [0.1, 0.15) is 43.4 Å². The molecular formula is C22H32IN5. The van der Waals surface area contributed by atoms with E-state index in [0.29, 0.717) is 5.41 Å². The summed E-state index contributed by atoms with van der Waals surface area (Å²) in [5.74, 6) is 1.08. The second-order valence-corrected chi connectivity index (χ2v) is 8.12. The predicted octanol–water partition coefficient (Wildman–Crippen LogP) is 4.18. The molecule has 2 heterocycles. The van der Waals surface area contributed by atoms with Crippen LogP contribution in [0.15, 0.2) is 41.5 Å². The van der Waals surface area contributed by atoms with Gasteiger partial charge in [0.25, 0.3) is 0 Å². The van der Waals surface area contributed by atoms with Crippen LogP contribution in [-0.4, -0.2) is 47.3 Å². The van der Waals surface area contributed by atoms with E-state index >= 15 is 0 Å². The van der Waals surface area contributed by atoms with Gasteiger partial charge in [-0.15, -0.1) is 24.0 Å². The number of nitrogens with zero attached hydrogens (tertiary/aromatic N) is 4. The first-order valence-electron chi connectivity index (χ1n) is 10.3. The lowest BCUT2D eigenvalue weighted by atomic mass is 9.68. The molecule has 4 rings (SSSR count).